The van der Waals surface area contributed by atoms with Gasteiger partial charge >= 0.3 is 0 Å². The van der Waals surface area contributed by atoms with Crippen molar-refractivity contribution >= 4 is 0 Å². The molecule has 0 amide bonds. The fraction of sp³-hybridized carbons (Fsp3) is 1.00. The van der Waals surface area contributed by atoms with Crippen LogP contribution < -0.4 is 0 Å². The van der Waals surface area contributed by atoms with Gasteiger partial charge in [-0.3, -0.25) is 0 Å². The van der Waals surface area contributed by atoms with Crippen LogP contribution in [0, 0.1) is 11.8 Å². The van der Waals surface area contributed by atoms with Gasteiger partial charge in [-0.2, -0.15) is 0 Å². The summed E-state index contributed by atoms with van der Waals surface area (Å²) in [6.45, 7) is 0. The van der Waals surface area contributed by atoms with Crippen molar-refractivity contribution < 1.29 is 10.2 Å². The van der Waals surface area contributed by atoms with Gasteiger partial charge < -0.3 is 10.2 Å². The van der Waals surface area contributed by atoms with E-state index in [1.807, 2.05) is 0 Å². The van der Waals surface area contributed by atoms with E-state index < -0.39 is 0 Å². The van der Waals surface area contributed by atoms with Crippen LogP contribution in [0.2, 0.25) is 0 Å². The second-order valence-electron chi connectivity index (χ2n) is 4.39. The van der Waals surface area contributed by atoms with Crippen LogP contribution in [0.25, 0.3) is 0 Å². The largest absolute Gasteiger partial charge is 0.393 e. The third-order valence-corrected chi connectivity index (χ3v) is 3.58. The highest BCUT2D eigenvalue weighted by Gasteiger charge is 2.36. The normalized spacial score (nSPS) is 48.5. The summed E-state index contributed by atoms with van der Waals surface area (Å²) in [5, 5.41) is 19.2. The highest BCUT2D eigenvalue weighted by molar-refractivity contribution is 4.87. The predicted octanol–water partition coefficient (Wildman–Crippen LogP) is 1.31. The maximum Gasteiger partial charge on any atom is 0.0571 e. The molecule has 0 spiro atoms. The minimum Gasteiger partial charge on any atom is -0.393 e. The average molecular weight is 170 g/mol. The Morgan fingerprint density at radius 3 is 2.58 bits per heavy atom. The molecule has 4 atom stereocenters. The molecule has 0 aromatic rings. The predicted molar refractivity (Wildman–Crippen MR) is 46.7 cm³/mol. The molecule has 0 radical (unpaired) electrons. The first-order chi connectivity index (χ1) is 5.77. The number of hydrogen-bond acceptors (Lipinski definition) is 2. The van der Waals surface area contributed by atoms with Crippen LogP contribution >= 0.6 is 0 Å². The molecule has 2 saturated carbocycles. The van der Waals surface area contributed by atoms with Gasteiger partial charge in [0.1, 0.15) is 0 Å². The first-order valence-corrected chi connectivity index (χ1v) is 5.13. The quantitative estimate of drug-likeness (QED) is 0.575. The second kappa shape index (κ2) is 3.35. The van der Waals surface area contributed by atoms with Gasteiger partial charge in [-0.25, -0.2) is 0 Å². The van der Waals surface area contributed by atoms with Gasteiger partial charge in [-0.15, -0.1) is 0 Å². The van der Waals surface area contributed by atoms with Crippen molar-refractivity contribution in [3.63, 3.8) is 0 Å². The molecule has 2 nitrogen and oxygen atoms in total. The van der Waals surface area contributed by atoms with Gasteiger partial charge in [-0.1, -0.05) is 6.42 Å². The van der Waals surface area contributed by atoms with Crippen molar-refractivity contribution in [3.8, 4) is 0 Å². The minimum atomic E-state index is -0.0865. The Balaban J connectivity index is 1.99. The Labute approximate surface area is 73.6 Å². The molecule has 70 valence electrons. The zero-order valence-electron chi connectivity index (χ0n) is 7.45. The smallest absolute Gasteiger partial charge is 0.0571 e. The van der Waals surface area contributed by atoms with E-state index in [2.05, 4.69) is 0 Å². The molecule has 0 aromatic heterocycles. The number of aliphatic hydroxyl groups excluding tert-OH is 2. The number of hydrogen-bond donors (Lipinski definition) is 2. The van der Waals surface area contributed by atoms with E-state index >= 15 is 0 Å². The number of aliphatic hydroxyl groups is 2. The van der Waals surface area contributed by atoms with Crippen LogP contribution in [-0.4, -0.2) is 22.4 Å². The molecule has 0 aromatic carbocycles. The Hall–Kier alpha value is -0.0800. The van der Waals surface area contributed by atoms with Crippen LogP contribution in [0.15, 0.2) is 0 Å². The van der Waals surface area contributed by atoms with Crippen LogP contribution in [0.3, 0.4) is 0 Å². The van der Waals surface area contributed by atoms with E-state index in [0.717, 1.165) is 32.1 Å². The Kier molecular flexibility index (Phi) is 2.37. The molecule has 0 aliphatic heterocycles. The molecule has 0 bridgehead atoms. The van der Waals surface area contributed by atoms with Crippen LogP contribution in [0.4, 0.5) is 0 Å². The Bertz CT molecular complexity index is 158. The summed E-state index contributed by atoms with van der Waals surface area (Å²) in [6, 6.07) is 0. The van der Waals surface area contributed by atoms with Crippen LogP contribution in [-0.2, 0) is 0 Å². The lowest BCUT2D eigenvalue weighted by atomic mass is 9.69. The molecule has 2 N–H and O–H groups in total. The summed E-state index contributed by atoms with van der Waals surface area (Å²) in [5.41, 5.74) is 0. The van der Waals surface area contributed by atoms with Crippen molar-refractivity contribution in [1.82, 2.24) is 0 Å². The molecule has 2 heteroatoms. The minimum absolute atomic E-state index is 0.0729. The molecular formula is C10H18O2. The highest BCUT2D eigenvalue weighted by Crippen LogP contribution is 2.40. The van der Waals surface area contributed by atoms with Crippen LogP contribution in [0.1, 0.15) is 38.5 Å². The van der Waals surface area contributed by atoms with Gasteiger partial charge in [0.2, 0.25) is 0 Å². The molecule has 0 saturated heterocycles. The number of rotatable bonds is 0. The van der Waals surface area contributed by atoms with E-state index in [0.29, 0.717) is 11.8 Å². The summed E-state index contributed by atoms with van der Waals surface area (Å²) in [4.78, 5) is 0. The molecule has 2 fully saturated rings. The van der Waals surface area contributed by atoms with Crippen molar-refractivity contribution in [2.24, 2.45) is 11.8 Å². The monoisotopic (exact) mass is 170 g/mol. The lowest BCUT2D eigenvalue weighted by Crippen LogP contribution is -2.38. The zero-order valence-corrected chi connectivity index (χ0v) is 7.45. The fourth-order valence-electron chi connectivity index (χ4n) is 2.90. The highest BCUT2D eigenvalue weighted by atomic mass is 16.3. The van der Waals surface area contributed by atoms with Crippen LogP contribution in [0.5, 0.6) is 0 Å². The first-order valence-electron chi connectivity index (χ1n) is 5.13. The number of fused-ring (bicyclic) bond motifs is 1. The second-order valence-corrected chi connectivity index (χ2v) is 4.39. The maximum atomic E-state index is 9.71. The van der Waals surface area contributed by atoms with Gasteiger partial charge in [0.25, 0.3) is 0 Å². The average Bonchev–Trinajstić information content (AvgIpc) is 2.04. The van der Waals surface area contributed by atoms with E-state index in [9.17, 15) is 10.2 Å². The summed E-state index contributed by atoms with van der Waals surface area (Å²) in [6.07, 6.45) is 6.06. The SMILES string of the molecule is OC1CCC2[C@H](CCC[C@@H]2O)C1. The lowest BCUT2D eigenvalue weighted by Gasteiger charge is -2.40. The van der Waals surface area contributed by atoms with Crippen molar-refractivity contribution in [2.45, 2.75) is 50.7 Å². The molecule has 12 heavy (non-hydrogen) atoms. The third-order valence-electron chi connectivity index (χ3n) is 3.58. The van der Waals surface area contributed by atoms with Crippen molar-refractivity contribution in [3.05, 3.63) is 0 Å². The molecule has 2 aliphatic carbocycles. The van der Waals surface area contributed by atoms with E-state index in [-0.39, 0.29) is 12.2 Å². The van der Waals surface area contributed by atoms with Gasteiger partial charge in [0, 0.05) is 0 Å². The Morgan fingerprint density at radius 2 is 1.75 bits per heavy atom. The van der Waals surface area contributed by atoms with Crippen molar-refractivity contribution in [2.75, 3.05) is 0 Å². The molecule has 0 heterocycles. The van der Waals surface area contributed by atoms with E-state index in [1.54, 1.807) is 0 Å². The van der Waals surface area contributed by atoms with E-state index in [4.69, 9.17) is 0 Å². The lowest BCUT2D eigenvalue weighted by molar-refractivity contribution is -0.0257. The summed E-state index contributed by atoms with van der Waals surface area (Å²) in [5.74, 6) is 1.11. The summed E-state index contributed by atoms with van der Waals surface area (Å²) in [7, 11) is 0. The standard InChI is InChI=1S/C10H18O2/c11-8-4-5-9-7(6-8)2-1-3-10(9)12/h7-12H,1-6H2/t7-,8?,9?,10+/m1/s1. The molecular weight excluding hydrogens is 152 g/mol. The first kappa shape index (κ1) is 8.52. The Morgan fingerprint density at radius 1 is 0.917 bits per heavy atom. The molecule has 2 unspecified atom stereocenters. The molecule has 2 aliphatic rings. The van der Waals surface area contributed by atoms with Gasteiger partial charge in [-0.05, 0) is 43.9 Å². The van der Waals surface area contributed by atoms with Crippen molar-refractivity contribution in [1.29, 1.82) is 0 Å². The van der Waals surface area contributed by atoms with Gasteiger partial charge in [0.05, 0.1) is 12.2 Å². The third kappa shape index (κ3) is 1.50. The topological polar surface area (TPSA) is 40.5 Å². The van der Waals surface area contributed by atoms with Gasteiger partial charge in [0.15, 0.2) is 0 Å². The molecule has 2 rings (SSSR count). The summed E-state index contributed by atoms with van der Waals surface area (Å²) >= 11 is 0. The summed E-state index contributed by atoms with van der Waals surface area (Å²) < 4.78 is 0. The fourth-order valence-corrected chi connectivity index (χ4v) is 2.90. The maximum absolute atomic E-state index is 9.71. The zero-order chi connectivity index (χ0) is 8.55. The van der Waals surface area contributed by atoms with E-state index in [1.165, 1.54) is 6.42 Å².